The molecule has 0 radical (unpaired) electrons. The first-order chi connectivity index (χ1) is 13.1. The van der Waals surface area contributed by atoms with E-state index < -0.39 is 0 Å². The number of nitrogen functional groups attached to an aromatic ring is 1. The lowest BCUT2D eigenvalue weighted by Gasteiger charge is -2.12. The van der Waals surface area contributed by atoms with Gasteiger partial charge >= 0.3 is 0 Å². The van der Waals surface area contributed by atoms with Crippen LogP contribution in [0.25, 0.3) is 33.4 Å². The molecule has 0 aliphatic heterocycles. The number of nitrogens with zero attached hydrogens (tertiary/aromatic N) is 3. The third-order valence-electron chi connectivity index (χ3n) is 4.72. The highest BCUT2D eigenvalue weighted by atomic mass is 16.5. The highest BCUT2D eigenvalue weighted by Gasteiger charge is 2.14. The van der Waals surface area contributed by atoms with Gasteiger partial charge in [-0.05, 0) is 60.5 Å². The van der Waals surface area contributed by atoms with Crippen molar-refractivity contribution in [3.63, 3.8) is 0 Å². The summed E-state index contributed by atoms with van der Waals surface area (Å²) in [6.07, 6.45) is 1.79. The molecule has 0 atom stereocenters. The van der Waals surface area contributed by atoms with Gasteiger partial charge in [0.1, 0.15) is 5.75 Å². The Hall–Kier alpha value is -3.78. The number of pyridine rings is 1. The third-order valence-corrected chi connectivity index (χ3v) is 4.72. The summed E-state index contributed by atoms with van der Waals surface area (Å²) in [4.78, 5) is 4.86. The second kappa shape index (κ2) is 6.50. The van der Waals surface area contributed by atoms with E-state index in [0.717, 1.165) is 44.7 Å². The van der Waals surface area contributed by atoms with Crippen LogP contribution >= 0.6 is 0 Å². The number of benzene rings is 2. The van der Waals surface area contributed by atoms with Crippen molar-refractivity contribution in [2.45, 2.75) is 6.92 Å². The van der Waals surface area contributed by atoms with Crippen molar-refractivity contribution >= 4 is 11.0 Å². The van der Waals surface area contributed by atoms with Crippen molar-refractivity contribution in [2.75, 3.05) is 13.0 Å². The smallest absolute Gasteiger partial charge is 0.118 e. The minimum atomic E-state index is 0.668. The minimum Gasteiger partial charge on any atom is -0.497 e. The Morgan fingerprint density at radius 2 is 1.78 bits per heavy atom. The fraction of sp³-hybridized carbons (Fsp3) is 0.0909. The maximum Gasteiger partial charge on any atom is 0.118 e. The number of rotatable bonds is 3. The van der Waals surface area contributed by atoms with E-state index in [1.165, 1.54) is 0 Å². The van der Waals surface area contributed by atoms with E-state index in [2.05, 4.69) is 6.07 Å². The zero-order valence-electron chi connectivity index (χ0n) is 15.1. The summed E-state index contributed by atoms with van der Waals surface area (Å²) in [7, 11) is 1.65. The highest BCUT2D eigenvalue weighted by Crippen LogP contribution is 2.34. The molecule has 0 unspecified atom stereocenters. The summed E-state index contributed by atoms with van der Waals surface area (Å²) < 4.78 is 6.83. The van der Waals surface area contributed by atoms with Gasteiger partial charge in [0.2, 0.25) is 0 Å². The van der Waals surface area contributed by atoms with E-state index in [4.69, 9.17) is 15.6 Å². The summed E-state index contributed by atoms with van der Waals surface area (Å²) in [6.45, 7) is 1.94. The zero-order chi connectivity index (χ0) is 19.0. The lowest BCUT2D eigenvalue weighted by Crippen LogP contribution is -2.05. The number of aromatic nitrogens is 2. The SMILES string of the molecule is COc1ccc(-c2nc3ccn(N)c3cc2-c2ccc(C#N)c(C)c2)cc1. The van der Waals surface area contributed by atoms with Crippen LogP contribution < -0.4 is 10.6 Å². The van der Waals surface area contributed by atoms with Gasteiger partial charge in [0.15, 0.2) is 0 Å². The quantitative estimate of drug-likeness (QED) is 0.557. The molecule has 5 nitrogen and oxygen atoms in total. The Kier molecular flexibility index (Phi) is 4.02. The fourth-order valence-electron chi connectivity index (χ4n) is 3.22. The molecule has 2 aromatic carbocycles. The molecule has 5 heteroatoms. The molecular formula is C22H18N4O. The molecule has 0 saturated heterocycles. The molecule has 0 bridgehead atoms. The summed E-state index contributed by atoms with van der Waals surface area (Å²) in [5, 5.41) is 9.22. The van der Waals surface area contributed by atoms with E-state index in [9.17, 15) is 5.26 Å². The highest BCUT2D eigenvalue weighted by molar-refractivity contribution is 5.90. The lowest BCUT2D eigenvalue weighted by atomic mass is 9.96. The Morgan fingerprint density at radius 1 is 1.04 bits per heavy atom. The molecule has 0 amide bonds. The Balaban J connectivity index is 1.97. The number of hydrogen-bond acceptors (Lipinski definition) is 4. The van der Waals surface area contributed by atoms with E-state index in [-0.39, 0.29) is 0 Å². The van der Waals surface area contributed by atoms with Gasteiger partial charge in [0.25, 0.3) is 0 Å². The number of aryl methyl sites for hydroxylation is 1. The molecule has 2 N–H and O–H groups in total. The van der Waals surface area contributed by atoms with Crippen LogP contribution in [-0.4, -0.2) is 16.8 Å². The molecule has 0 saturated carbocycles. The normalized spacial score (nSPS) is 10.7. The number of fused-ring (bicyclic) bond motifs is 1. The van der Waals surface area contributed by atoms with Crippen LogP contribution in [0.1, 0.15) is 11.1 Å². The predicted molar refractivity (Wildman–Crippen MR) is 107 cm³/mol. The first-order valence-corrected chi connectivity index (χ1v) is 8.53. The van der Waals surface area contributed by atoms with Gasteiger partial charge < -0.3 is 10.6 Å². The van der Waals surface area contributed by atoms with Crippen molar-refractivity contribution in [3.8, 4) is 34.2 Å². The van der Waals surface area contributed by atoms with Gasteiger partial charge in [-0.3, -0.25) is 4.68 Å². The Morgan fingerprint density at radius 3 is 2.44 bits per heavy atom. The van der Waals surface area contributed by atoms with Gasteiger partial charge in [0.05, 0.1) is 35.5 Å². The largest absolute Gasteiger partial charge is 0.497 e. The van der Waals surface area contributed by atoms with Crippen LogP contribution in [0.3, 0.4) is 0 Å². The second-order valence-corrected chi connectivity index (χ2v) is 6.38. The first kappa shape index (κ1) is 16.7. The Bertz CT molecular complexity index is 1180. The number of methoxy groups -OCH3 is 1. The van der Waals surface area contributed by atoms with Crippen LogP contribution in [0.2, 0.25) is 0 Å². The summed E-state index contributed by atoms with van der Waals surface area (Å²) in [6, 6.07) is 19.8. The summed E-state index contributed by atoms with van der Waals surface area (Å²) in [5.41, 5.74) is 7.08. The molecule has 0 spiro atoms. The fourth-order valence-corrected chi connectivity index (χ4v) is 3.22. The van der Waals surface area contributed by atoms with Gasteiger partial charge in [-0.15, -0.1) is 0 Å². The van der Waals surface area contributed by atoms with Crippen molar-refractivity contribution in [1.82, 2.24) is 9.66 Å². The van der Waals surface area contributed by atoms with Crippen LogP contribution in [0.4, 0.5) is 0 Å². The van der Waals surface area contributed by atoms with E-state index in [0.29, 0.717) is 5.56 Å². The average molecular weight is 354 g/mol. The van der Waals surface area contributed by atoms with Crippen LogP contribution in [0.5, 0.6) is 5.75 Å². The van der Waals surface area contributed by atoms with Crippen molar-refractivity contribution < 1.29 is 4.74 Å². The maximum absolute atomic E-state index is 9.22. The van der Waals surface area contributed by atoms with Crippen molar-refractivity contribution in [2.24, 2.45) is 0 Å². The second-order valence-electron chi connectivity index (χ2n) is 6.38. The van der Waals surface area contributed by atoms with E-state index in [1.54, 1.807) is 18.0 Å². The molecule has 4 aromatic rings. The summed E-state index contributed by atoms with van der Waals surface area (Å²) in [5.74, 6) is 6.84. The predicted octanol–water partition coefficient (Wildman–Crippen LogP) is 4.27. The maximum atomic E-state index is 9.22. The molecule has 4 rings (SSSR count). The number of nitrogens with two attached hydrogens (primary N) is 1. The van der Waals surface area contributed by atoms with Crippen molar-refractivity contribution in [3.05, 3.63) is 71.9 Å². The Labute approximate surface area is 157 Å². The van der Waals surface area contributed by atoms with E-state index in [1.807, 2.05) is 61.5 Å². The van der Waals surface area contributed by atoms with Gasteiger partial charge in [-0.1, -0.05) is 12.1 Å². The molecule has 0 aliphatic rings. The zero-order valence-corrected chi connectivity index (χ0v) is 15.1. The van der Waals surface area contributed by atoms with Crippen molar-refractivity contribution in [1.29, 1.82) is 5.26 Å². The molecule has 2 heterocycles. The van der Waals surface area contributed by atoms with E-state index >= 15 is 0 Å². The van der Waals surface area contributed by atoms with Crippen LogP contribution in [-0.2, 0) is 0 Å². The van der Waals surface area contributed by atoms with Crippen LogP contribution in [0.15, 0.2) is 60.8 Å². The first-order valence-electron chi connectivity index (χ1n) is 8.53. The molecule has 0 aliphatic carbocycles. The molecular weight excluding hydrogens is 336 g/mol. The minimum absolute atomic E-state index is 0.668. The third kappa shape index (κ3) is 2.87. The van der Waals surface area contributed by atoms with Gasteiger partial charge in [-0.2, -0.15) is 5.26 Å². The number of ether oxygens (including phenoxy) is 1. The average Bonchev–Trinajstić information content (AvgIpc) is 3.07. The molecule has 27 heavy (non-hydrogen) atoms. The molecule has 2 aromatic heterocycles. The topological polar surface area (TPSA) is 76.9 Å². The molecule has 132 valence electrons. The summed E-state index contributed by atoms with van der Waals surface area (Å²) >= 11 is 0. The number of nitriles is 1. The number of hydrogen-bond donors (Lipinski definition) is 1. The molecule has 0 fully saturated rings. The lowest BCUT2D eigenvalue weighted by molar-refractivity contribution is 0.415. The van der Waals surface area contributed by atoms with Gasteiger partial charge in [0, 0.05) is 17.3 Å². The van der Waals surface area contributed by atoms with Gasteiger partial charge in [-0.25, -0.2) is 4.98 Å². The van der Waals surface area contributed by atoms with Crippen LogP contribution in [0, 0.1) is 18.3 Å². The monoisotopic (exact) mass is 354 g/mol. The standard InChI is InChI=1S/C22H18N4O/c1-14-11-16(3-4-17(14)13-23)19-12-21-20(9-10-26(21)24)25-22(19)15-5-7-18(27-2)8-6-15/h3-12H,24H2,1-2H3.